The van der Waals surface area contributed by atoms with E-state index in [1.165, 1.54) is 24.8 Å². The van der Waals surface area contributed by atoms with Crippen molar-refractivity contribution in [3.8, 4) is 0 Å². The summed E-state index contributed by atoms with van der Waals surface area (Å²) in [7, 11) is 0. The minimum absolute atomic E-state index is 0.874. The van der Waals surface area contributed by atoms with Gasteiger partial charge in [0.05, 0.1) is 0 Å². The normalized spacial score (nSPS) is 25.2. The van der Waals surface area contributed by atoms with Gasteiger partial charge >= 0.3 is 0 Å². The van der Waals surface area contributed by atoms with Gasteiger partial charge in [-0.15, -0.1) is 0 Å². The first-order valence-electron chi connectivity index (χ1n) is 3.88. The zero-order valence-corrected chi connectivity index (χ0v) is 6.48. The summed E-state index contributed by atoms with van der Waals surface area (Å²) in [5, 5.41) is 0. The van der Waals surface area contributed by atoms with E-state index in [1.54, 1.807) is 0 Å². The lowest BCUT2D eigenvalue weighted by atomic mass is 10.1. The molecule has 0 aromatic rings. The van der Waals surface area contributed by atoms with Crippen LogP contribution in [0, 0.1) is 11.8 Å². The van der Waals surface area contributed by atoms with Gasteiger partial charge < -0.3 is 0 Å². The van der Waals surface area contributed by atoms with E-state index in [1.807, 2.05) is 0 Å². The van der Waals surface area contributed by atoms with E-state index in [-0.39, 0.29) is 0 Å². The van der Waals surface area contributed by atoms with E-state index >= 15 is 0 Å². The average molecular weight is 124 g/mol. The van der Waals surface area contributed by atoms with Crippen LogP contribution >= 0.6 is 0 Å². The summed E-state index contributed by atoms with van der Waals surface area (Å²) in [5.41, 5.74) is 1.48. The lowest BCUT2D eigenvalue weighted by Crippen LogP contribution is -1.87. The Labute approximate surface area is 58.0 Å². The predicted molar refractivity (Wildman–Crippen MR) is 41.3 cm³/mol. The molecule has 0 saturated heterocycles. The van der Waals surface area contributed by atoms with Crippen molar-refractivity contribution in [3.63, 3.8) is 0 Å². The highest BCUT2D eigenvalue weighted by atomic mass is 14.3. The second kappa shape index (κ2) is 2.55. The summed E-state index contributed by atoms with van der Waals surface area (Å²) in [6.07, 6.45) is 4.08. The quantitative estimate of drug-likeness (QED) is 0.507. The highest BCUT2D eigenvalue weighted by Gasteiger charge is 2.26. The summed E-state index contributed by atoms with van der Waals surface area (Å²) in [5.74, 6) is 1.78. The third-order valence-electron chi connectivity index (χ3n) is 2.02. The van der Waals surface area contributed by atoms with E-state index in [0.717, 1.165) is 11.8 Å². The number of hydrogen-bond donors (Lipinski definition) is 0. The molecule has 1 aliphatic carbocycles. The fourth-order valence-electron chi connectivity index (χ4n) is 1.10. The van der Waals surface area contributed by atoms with Gasteiger partial charge in [-0.2, -0.15) is 0 Å². The molecule has 1 aliphatic rings. The number of rotatable bonds is 3. The Morgan fingerprint density at radius 1 is 1.67 bits per heavy atom. The summed E-state index contributed by atoms with van der Waals surface area (Å²) >= 11 is 0. The second-order valence-electron chi connectivity index (χ2n) is 3.53. The van der Waals surface area contributed by atoms with Crippen LogP contribution in [0.2, 0.25) is 0 Å². The fourth-order valence-corrected chi connectivity index (χ4v) is 1.10. The van der Waals surface area contributed by atoms with Gasteiger partial charge in [0.15, 0.2) is 0 Å². The van der Waals surface area contributed by atoms with Crippen LogP contribution in [0.4, 0.5) is 0 Å². The Hall–Kier alpha value is -0.260. The molecule has 0 radical (unpaired) electrons. The van der Waals surface area contributed by atoms with Crippen molar-refractivity contribution in [3.05, 3.63) is 12.2 Å². The van der Waals surface area contributed by atoms with E-state index in [0.29, 0.717) is 0 Å². The molecule has 0 heterocycles. The first kappa shape index (κ1) is 6.85. The standard InChI is InChI=1S/C9H16/c1-7(2)4-5-9-6-8(9)3/h7,9H,3-6H2,1-2H3. The topological polar surface area (TPSA) is 0 Å². The lowest BCUT2D eigenvalue weighted by molar-refractivity contribution is 0.534. The van der Waals surface area contributed by atoms with E-state index in [9.17, 15) is 0 Å². The molecule has 0 spiro atoms. The van der Waals surface area contributed by atoms with Crippen molar-refractivity contribution in [2.75, 3.05) is 0 Å². The van der Waals surface area contributed by atoms with Gasteiger partial charge in [0.2, 0.25) is 0 Å². The average Bonchev–Trinajstić information content (AvgIpc) is 2.42. The van der Waals surface area contributed by atoms with Gasteiger partial charge in [-0.1, -0.05) is 32.4 Å². The third kappa shape index (κ3) is 2.21. The molecule has 0 heteroatoms. The zero-order chi connectivity index (χ0) is 6.85. The third-order valence-corrected chi connectivity index (χ3v) is 2.02. The molecule has 1 atom stereocenters. The van der Waals surface area contributed by atoms with Crippen LogP contribution in [0.5, 0.6) is 0 Å². The maximum atomic E-state index is 3.93. The first-order valence-corrected chi connectivity index (χ1v) is 3.88. The Kier molecular flexibility index (Phi) is 1.94. The van der Waals surface area contributed by atoms with E-state index in [2.05, 4.69) is 20.4 Å². The Morgan fingerprint density at radius 3 is 2.56 bits per heavy atom. The predicted octanol–water partition coefficient (Wildman–Crippen LogP) is 3.00. The molecule has 0 aliphatic heterocycles. The number of hydrogen-bond acceptors (Lipinski definition) is 0. The van der Waals surface area contributed by atoms with Crippen LogP contribution < -0.4 is 0 Å². The summed E-state index contributed by atoms with van der Waals surface area (Å²) < 4.78 is 0. The maximum Gasteiger partial charge on any atom is -0.0168 e. The van der Waals surface area contributed by atoms with Gasteiger partial charge in [0.1, 0.15) is 0 Å². The molecule has 52 valence electrons. The summed E-state index contributed by atoms with van der Waals surface area (Å²) in [6.45, 7) is 8.49. The minimum atomic E-state index is 0.874. The molecule has 0 N–H and O–H groups in total. The second-order valence-corrected chi connectivity index (χ2v) is 3.53. The van der Waals surface area contributed by atoms with E-state index in [4.69, 9.17) is 0 Å². The summed E-state index contributed by atoms with van der Waals surface area (Å²) in [6, 6.07) is 0. The van der Waals surface area contributed by atoms with Crippen LogP contribution in [-0.4, -0.2) is 0 Å². The van der Waals surface area contributed by atoms with Crippen LogP contribution in [-0.2, 0) is 0 Å². The molecule has 1 fully saturated rings. The van der Waals surface area contributed by atoms with Crippen molar-refractivity contribution >= 4 is 0 Å². The SMILES string of the molecule is C=C1CC1CCC(C)C. The highest BCUT2D eigenvalue weighted by Crippen LogP contribution is 2.40. The molecule has 0 aromatic heterocycles. The van der Waals surface area contributed by atoms with Crippen molar-refractivity contribution in [2.45, 2.75) is 33.1 Å². The molecular weight excluding hydrogens is 108 g/mol. The molecule has 0 bridgehead atoms. The van der Waals surface area contributed by atoms with Gasteiger partial charge in [-0.05, 0) is 24.7 Å². The fraction of sp³-hybridized carbons (Fsp3) is 0.778. The lowest BCUT2D eigenvalue weighted by Gasteiger charge is -2.00. The van der Waals surface area contributed by atoms with Crippen molar-refractivity contribution in [1.82, 2.24) is 0 Å². The van der Waals surface area contributed by atoms with Crippen molar-refractivity contribution in [1.29, 1.82) is 0 Å². The van der Waals surface area contributed by atoms with Crippen LogP contribution in [0.15, 0.2) is 12.2 Å². The van der Waals surface area contributed by atoms with Crippen molar-refractivity contribution < 1.29 is 0 Å². The molecule has 0 nitrogen and oxygen atoms in total. The minimum Gasteiger partial charge on any atom is -0.0995 e. The first-order chi connectivity index (χ1) is 4.20. The van der Waals surface area contributed by atoms with Gasteiger partial charge in [0.25, 0.3) is 0 Å². The maximum absolute atomic E-state index is 3.93. The molecule has 9 heavy (non-hydrogen) atoms. The molecule has 1 saturated carbocycles. The highest BCUT2D eigenvalue weighted by molar-refractivity contribution is 5.18. The van der Waals surface area contributed by atoms with Gasteiger partial charge in [-0.3, -0.25) is 0 Å². The Bertz CT molecular complexity index is 111. The Morgan fingerprint density at radius 2 is 2.22 bits per heavy atom. The van der Waals surface area contributed by atoms with Gasteiger partial charge in [-0.25, -0.2) is 0 Å². The molecule has 1 unspecified atom stereocenters. The zero-order valence-electron chi connectivity index (χ0n) is 6.48. The largest absolute Gasteiger partial charge is 0.0995 e. The molecular formula is C9H16. The smallest absolute Gasteiger partial charge is 0.0168 e. The van der Waals surface area contributed by atoms with Gasteiger partial charge in [0, 0.05) is 0 Å². The monoisotopic (exact) mass is 124 g/mol. The summed E-state index contributed by atoms with van der Waals surface area (Å²) in [4.78, 5) is 0. The van der Waals surface area contributed by atoms with Crippen LogP contribution in [0.1, 0.15) is 33.1 Å². The Balaban J connectivity index is 2.00. The van der Waals surface area contributed by atoms with Crippen molar-refractivity contribution in [2.24, 2.45) is 11.8 Å². The van der Waals surface area contributed by atoms with Crippen LogP contribution in [0.3, 0.4) is 0 Å². The molecule has 0 aromatic carbocycles. The number of allylic oxidation sites excluding steroid dienone is 1. The van der Waals surface area contributed by atoms with E-state index < -0.39 is 0 Å². The molecule has 0 amide bonds. The van der Waals surface area contributed by atoms with Crippen LogP contribution in [0.25, 0.3) is 0 Å². The molecule has 1 rings (SSSR count).